The number of nitrogens with one attached hydrogen (secondary N) is 1. The van der Waals surface area contributed by atoms with Crippen molar-refractivity contribution in [2.24, 2.45) is 0 Å². The number of amides is 1. The van der Waals surface area contributed by atoms with E-state index in [-0.39, 0.29) is 5.91 Å². The first-order chi connectivity index (χ1) is 8.18. The number of carbonyl (C=O) groups is 1. The van der Waals surface area contributed by atoms with Crippen molar-refractivity contribution in [3.05, 3.63) is 40.4 Å². The van der Waals surface area contributed by atoms with Crippen molar-refractivity contribution >= 4 is 23.2 Å². The summed E-state index contributed by atoms with van der Waals surface area (Å²) >= 11 is 6.10. The second-order valence-corrected chi connectivity index (χ2v) is 4.82. The predicted octanol–water partition coefficient (Wildman–Crippen LogP) is 4.00. The van der Waals surface area contributed by atoms with Crippen molar-refractivity contribution in [3.8, 4) is 0 Å². The summed E-state index contributed by atoms with van der Waals surface area (Å²) in [4.78, 5) is 12.1. The molecule has 0 radical (unpaired) electrons. The molecule has 1 aliphatic rings. The van der Waals surface area contributed by atoms with E-state index in [0.29, 0.717) is 0 Å². The molecule has 0 heterocycles. The minimum absolute atomic E-state index is 0.0519. The fourth-order valence-electron chi connectivity index (χ4n) is 2.02. The van der Waals surface area contributed by atoms with Crippen LogP contribution >= 0.6 is 11.6 Å². The van der Waals surface area contributed by atoms with Gasteiger partial charge in [0.15, 0.2) is 0 Å². The van der Waals surface area contributed by atoms with Gasteiger partial charge in [0.1, 0.15) is 0 Å². The fraction of sp³-hybridized carbons (Fsp3) is 0.357. The molecule has 0 bridgehead atoms. The largest absolute Gasteiger partial charge is 0.322 e. The maximum atomic E-state index is 12.1. The number of hydrogen-bond donors (Lipinski definition) is 1. The Morgan fingerprint density at radius 1 is 1.24 bits per heavy atom. The lowest BCUT2D eigenvalue weighted by Crippen LogP contribution is -2.17. The molecule has 0 fully saturated rings. The molecule has 0 saturated heterocycles. The van der Waals surface area contributed by atoms with Crippen molar-refractivity contribution < 1.29 is 4.79 Å². The normalized spacial score (nSPS) is 15.9. The zero-order valence-electron chi connectivity index (χ0n) is 9.92. The molecule has 0 spiro atoms. The molecule has 90 valence electrons. The number of para-hydroxylation sites is 1. The lowest BCUT2D eigenvalue weighted by Gasteiger charge is -2.16. The Labute approximate surface area is 107 Å². The Morgan fingerprint density at radius 2 is 1.94 bits per heavy atom. The average Bonchev–Trinajstić information content (AvgIpc) is 2.32. The minimum Gasteiger partial charge on any atom is -0.322 e. The van der Waals surface area contributed by atoms with Crippen LogP contribution < -0.4 is 5.32 Å². The van der Waals surface area contributed by atoms with Crippen LogP contribution in [0.3, 0.4) is 0 Å². The van der Waals surface area contributed by atoms with Gasteiger partial charge in [0, 0.05) is 16.3 Å². The van der Waals surface area contributed by atoms with E-state index in [2.05, 4.69) is 5.32 Å². The number of rotatable bonds is 2. The number of aryl methyl sites for hydroxylation is 1. The zero-order valence-corrected chi connectivity index (χ0v) is 10.7. The number of halogens is 1. The Kier molecular flexibility index (Phi) is 3.85. The fourth-order valence-corrected chi connectivity index (χ4v) is 2.33. The molecule has 17 heavy (non-hydrogen) atoms. The van der Waals surface area contributed by atoms with Crippen LogP contribution in [0.25, 0.3) is 0 Å². The van der Waals surface area contributed by atoms with E-state index in [9.17, 15) is 4.79 Å². The van der Waals surface area contributed by atoms with Crippen LogP contribution in [-0.2, 0) is 4.79 Å². The summed E-state index contributed by atoms with van der Waals surface area (Å²) in [6, 6.07) is 7.76. The van der Waals surface area contributed by atoms with Crippen LogP contribution in [0, 0.1) is 6.92 Å². The standard InChI is InChI=1S/C14H16ClNO/c1-10-6-2-5-9-13(10)16-14(17)11-7-3-4-8-12(11)15/h2,5-6,9H,3-4,7-8H2,1H3,(H,16,17). The van der Waals surface area contributed by atoms with Gasteiger partial charge in [0.25, 0.3) is 5.91 Å². The van der Waals surface area contributed by atoms with Crippen molar-refractivity contribution in [2.45, 2.75) is 32.6 Å². The molecule has 0 atom stereocenters. The van der Waals surface area contributed by atoms with Crippen LogP contribution in [0.5, 0.6) is 0 Å². The maximum Gasteiger partial charge on any atom is 0.252 e. The van der Waals surface area contributed by atoms with Gasteiger partial charge in [0.2, 0.25) is 0 Å². The molecule has 1 amide bonds. The molecule has 0 aromatic heterocycles. The summed E-state index contributed by atoms with van der Waals surface area (Å²) in [6.07, 6.45) is 3.75. The van der Waals surface area contributed by atoms with Crippen LogP contribution in [0.15, 0.2) is 34.9 Å². The third kappa shape index (κ3) is 2.89. The van der Waals surface area contributed by atoms with Gasteiger partial charge >= 0.3 is 0 Å². The monoisotopic (exact) mass is 249 g/mol. The summed E-state index contributed by atoms with van der Waals surface area (Å²) < 4.78 is 0. The number of benzene rings is 1. The molecular weight excluding hydrogens is 234 g/mol. The van der Waals surface area contributed by atoms with Gasteiger partial charge in [-0.05, 0) is 44.2 Å². The van der Waals surface area contributed by atoms with E-state index in [1.807, 2.05) is 31.2 Å². The molecule has 2 nitrogen and oxygen atoms in total. The Hall–Kier alpha value is -1.28. The Balaban J connectivity index is 2.15. The van der Waals surface area contributed by atoms with E-state index >= 15 is 0 Å². The quantitative estimate of drug-likeness (QED) is 0.843. The van der Waals surface area contributed by atoms with Crippen LogP contribution in [-0.4, -0.2) is 5.91 Å². The van der Waals surface area contributed by atoms with E-state index in [1.165, 1.54) is 0 Å². The van der Waals surface area contributed by atoms with Crippen molar-refractivity contribution in [2.75, 3.05) is 5.32 Å². The molecule has 1 aliphatic carbocycles. The lowest BCUT2D eigenvalue weighted by atomic mass is 9.98. The van der Waals surface area contributed by atoms with Gasteiger partial charge in [-0.1, -0.05) is 29.8 Å². The van der Waals surface area contributed by atoms with Crippen LogP contribution in [0.2, 0.25) is 0 Å². The molecule has 0 unspecified atom stereocenters. The predicted molar refractivity (Wildman–Crippen MR) is 71.2 cm³/mol. The second kappa shape index (κ2) is 5.37. The number of anilines is 1. The summed E-state index contributed by atoms with van der Waals surface area (Å²) in [7, 11) is 0. The first-order valence-corrected chi connectivity index (χ1v) is 6.31. The van der Waals surface area contributed by atoms with Gasteiger partial charge in [-0.15, -0.1) is 0 Å². The van der Waals surface area contributed by atoms with Gasteiger partial charge in [0.05, 0.1) is 0 Å². The van der Waals surface area contributed by atoms with Crippen LogP contribution in [0.1, 0.15) is 31.2 Å². The minimum atomic E-state index is -0.0519. The number of carbonyl (C=O) groups excluding carboxylic acids is 1. The van der Waals surface area contributed by atoms with E-state index in [0.717, 1.165) is 47.5 Å². The third-order valence-corrected chi connectivity index (χ3v) is 3.48. The molecule has 3 heteroatoms. The third-order valence-electron chi connectivity index (χ3n) is 3.07. The number of hydrogen-bond acceptors (Lipinski definition) is 1. The lowest BCUT2D eigenvalue weighted by molar-refractivity contribution is -0.113. The zero-order chi connectivity index (χ0) is 12.3. The van der Waals surface area contributed by atoms with E-state index in [4.69, 9.17) is 11.6 Å². The van der Waals surface area contributed by atoms with Crippen molar-refractivity contribution in [1.82, 2.24) is 0 Å². The molecule has 0 saturated carbocycles. The first-order valence-electron chi connectivity index (χ1n) is 5.93. The first kappa shape index (κ1) is 12.2. The summed E-state index contributed by atoms with van der Waals surface area (Å²) in [5.74, 6) is -0.0519. The van der Waals surface area contributed by atoms with Crippen molar-refractivity contribution in [3.63, 3.8) is 0 Å². The molecule has 1 N–H and O–H groups in total. The topological polar surface area (TPSA) is 29.1 Å². The van der Waals surface area contributed by atoms with E-state index < -0.39 is 0 Å². The SMILES string of the molecule is Cc1ccccc1NC(=O)C1=C(Cl)CCCC1. The highest BCUT2D eigenvalue weighted by Crippen LogP contribution is 2.28. The molecular formula is C14H16ClNO. The molecule has 2 rings (SSSR count). The molecule has 1 aromatic rings. The highest BCUT2D eigenvalue weighted by molar-refractivity contribution is 6.32. The molecule has 0 aliphatic heterocycles. The van der Waals surface area contributed by atoms with Gasteiger partial charge in [-0.3, -0.25) is 4.79 Å². The molecule has 1 aromatic carbocycles. The van der Waals surface area contributed by atoms with E-state index in [1.54, 1.807) is 0 Å². The highest BCUT2D eigenvalue weighted by atomic mass is 35.5. The maximum absolute atomic E-state index is 12.1. The average molecular weight is 250 g/mol. The smallest absolute Gasteiger partial charge is 0.252 e. The number of allylic oxidation sites excluding steroid dienone is 1. The Morgan fingerprint density at radius 3 is 2.65 bits per heavy atom. The van der Waals surface area contributed by atoms with Gasteiger partial charge < -0.3 is 5.32 Å². The summed E-state index contributed by atoms with van der Waals surface area (Å²) in [5, 5.41) is 3.65. The van der Waals surface area contributed by atoms with Gasteiger partial charge in [-0.25, -0.2) is 0 Å². The summed E-state index contributed by atoms with van der Waals surface area (Å²) in [5.41, 5.74) is 2.68. The van der Waals surface area contributed by atoms with Crippen molar-refractivity contribution in [1.29, 1.82) is 0 Å². The summed E-state index contributed by atoms with van der Waals surface area (Å²) in [6.45, 7) is 1.98. The highest BCUT2D eigenvalue weighted by Gasteiger charge is 2.18. The Bertz CT molecular complexity index is 465. The van der Waals surface area contributed by atoms with Gasteiger partial charge in [-0.2, -0.15) is 0 Å². The van der Waals surface area contributed by atoms with Crippen LogP contribution in [0.4, 0.5) is 5.69 Å². The second-order valence-electron chi connectivity index (χ2n) is 4.36.